The molecule has 1 aliphatic rings. The first-order valence-electron chi connectivity index (χ1n) is 13.3. The quantitative estimate of drug-likeness (QED) is 0.202. The Morgan fingerprint density at radius 2 is 1.58 bits per heavy atom. The van der Waals surface area contributed by atoms with Gasteiger partial charge in [0.05, 0.1) is 18.5 Å². The van der Waals surface area contributed by atoms with Gasteiger partial charge in [-0.05, 0) is 65.7 Å². The van der Waals surface area contributed by atoms with Gasteiger partial charge in [0.1, 0.15) is 29.4 Å². The van der Waals surface area contributed by atoms with Crippen LogP contribution in [-0.2, 0) is 21.0 Å². The van der Waals surface area contributed by atoms with E-state index in [1.54, 1.807) is 72.8 Å². The van der Waals surface area contributed by atoms with Crippen molar-refractivity contribution in [2.45, 2.75) is 6.61 Å². The lowest BCUT2D eigenvalue weighted by molar-refractivity contribution is -0.122. The van der Waals surface area contributed by atoms with Gasteiger partial charge in [0.2, 0.25) is 0 Å². The van der Waals surface area contributed by atoms with E-state index in [4.69, 9.17) is 14.2 Å². The molecule has 1 saturated heterocycles. The van der Waals surface area contributed by atoms with Crippen molar-refractivity contribution in [3.05, 3.63) is 120 Å². The average Bonchev–Trinajstić information content (AvgIpc) is 3.02. The fourth-order valence-electron chi connectivity index (χ4n) is 4.27. The summed E-state index contributed by atoms with van der Waals surface area (Å²) >= 11 is 0. The molecular formula is C33H27N3O7. The van der Waals surface area contributed by atoms with Crippen molar-refractivity contribution in [1.82, 2.24) is 5.32 Å². The van der Waals surface area contributed by atoms with Gasteiger partial charge in [0.25, 0.3) is 17.7 Å². The van der Waals surface area contributed by atoms with E-state index in [1.165, 1.54) is 13.2 Å². The van der Waals surface area contributed by atoms with E-state index in [1.807, 2.05) is 30.3 Å². The molecule has 10 heteroatoms. The predicted molar refractivity (Wildman–Crippen MR) is 160 cm³/mol. The van der Waals surface area contributed by atoms with E-state index in [9.17, 15) is 19.2 Å². The average molecular weight is 578 g/mol. The third-order valence-corrected chi connectivity index (χ3v) is 6.37. The number of ether oxygens (including phenoxy) is 3. The van der Waals surface area contributed by atoms with Gasteiger partial charge in [-0.25, -0.2) is 9.69 Å². The van der Waals surface area contributed by atoms with Crippen LogP contribution in [0.2, 0.25) is 0 Å². The Balaban J connectivity index is 1.25. The van der Waals surface area contributed by atoms with Crippen LogP contribution in [0.1, 0.15) is 11.1 Å². The molecule has 1 fully saturated rings. The lowest BCUT2D eigenvalue weighted by Gasteiger charge is -2.26. The minimum absolute atomic E-state index is 0.241. The van der Waals surface area contributed by atoms with Gasteiger partial charge in [-0.3, -0.25) is 19.7 Å². The Morgan fingerprint density at radius 1 is 0.837 bits per heavy atom. The molecule has 2 N–H and O–H groups in total. The Hall–Kier alpha value is -5.90. The zero-order valence-corrected chi connectivity index (χ0v) is 23.1. The van der Waals surface area contributed by atoms with E-state index in [0.717, 1.165) is 10.5 Å². The van der Waals surface area contributed by atoms with Crippen LogP contribution in [0.25, 0.3) is 6.08 Å². The summed E-state index contributed by atoms with van der Waals surface area (Å²) in [5.74, 6) is -0.601. The molecule has 1 heterocycles. The van der Waals surface area contributed by atoms with Crippen LogP contribution in [0.3, 0.4) is 0 Å². The second-order valence-corrected chi connectivity index (χ2v) is 9.34. The minimum Gasteiger partial charge on any atom is -0.495 e. The number of imide groups is 2. The van der Waals surface area contributed by atoms with Gasteiger partial charge in [0, 0.05) is 0 Å². The maximum Gasteiger partial charge on any atom is 0.335 e. The zero-order valence-electron chi connectivity index (χ0n) is 23.1. The van der Waals surface area contributed by atoms with Crippen LogP contribution in [0.15, 0.2) is 109 Å². The third-order valence-electron chi connectivity index (χ3n) is 6.37. The number of benzene rings is 4. The number of anilines is 2. The van der Waals surface area contributed by atoms with E-state index in [2.05, 4.69) is 10.6 Å². The van der Waals surface area contributed by atoms with Crippen LogP contribution in [0.5, 0.6) is 17.2 Å². The lowest BCUT2D eigenvalue weighted by atomic mass is 10.1. The Kier molecular flexibility index (Phi) is 8.77. The smallest absolute Gasteiger partial charge is 0.335 e. The SMILES string of the molecule is COc1ccccc1NC(=O)COc1cccc(/C=C2/C(=O)NC(=O)N(c3ccc(OCc4ccccc4)cc3)C2=O)c1. The summed E-state index contributed by atoms with van der Waals surface area (Å²) in [6, 6.07) is 28.7. The highest BCUT2D eigenvalue weighted by atomic mass is 16.5. The molecule has 0 saturated carbocycles. The maximum atomic E-state index is 13.3. The summed E-state index contributed by atoms with van der Waals surface area (Å²) in [7, 11) is 1.51. The van der Waals surface area contributed by atoms with Crippen molar-refractivity contribution in [2.24, 2.45) is 0 Å². The highest BCUT2D eigenvalue weighted by Gasteiger charge is 2.36. The molecular weight excluding hydrogens is 550 g/mol. The van der Waals surface area contributed by atoms with Gasteiger partial charge in [-0.15, -0.1) is 0 Å². The van der Waals surface area contributed by atoms with Crippen molar-refractivity contribution in [1.29, 1.82) is 0 Å². The number of carbonyl (C=O) groups is 4. The van der Waals surface area contributed by atoms with Crippen LogP contribution in [0, 0.1) is 0 Å². The van der Waals surface area contributed by atoms with Crippen molar-refractivity contribution >= 4 is 41.2 Å². The minimum atomic E-state index is -0.858. The van der Waals surface area contributed by atoms with Gasteiger partial charge in [-0.1, -0.05) is 54.6 Å². The molecule has 4 aromatic rings. The van der Waals surface area contributed by atoms with E-state index >= 15 is 0 Å². The fourth-order valence-corrected chi connectivity index (χ4v) is 4.27. The van der Waals surface area contributed by atoms with Crippen molar-refractivity contribution < 1.29 is 33.4 Å². The Morgan fingerprint density at radius 3 is 2.35 bits per heavy atom. The lowest BCUT2D eigenvalue weighted by Crippen LogP contribution is -2.54. The number of nitrogens with one attached hydrogen (secondary N) is 2. The highest BCUT2D eigenvalue weighted by molar-refractivity contribution is 6.39. The molecule has 10 nitrogen and oxygen atoms in total. The summed E-state index contributed by atoms with van der Waals surface area (Å²) in [6.45, 7) is 0.0742. The molecule has 0 aromatic heterocycles. The monoisotopic (exact) mass is 577 g/mol. The number of barbiturate groups is 1. The van der Waals surface area contributed by atoms with Gasteiger partial charge in [-0.2, -0.15) is 0 Å². The molecule has 4 aromatic carbocycles. The molecule has 0 atom stereocenters. The topological polar surface area (TPSA) is 123 Å². The highest BCUT2D eigenvalue weighted by Crippen LogP contribution is 2.26. The standard InChI is InChI=1S/C33H27N3O7/c1-41-29-13-6-5-12-28(29)34-30(37)21-43-26-11-7-10-23(18-26)19-27-31(38)35-33(40)36(32(27)39)24-14-16-25(17-15-24)42-20-22-8-3-2-4-9-22/h2-19H,20-21H2,1H3,(H,34,37)(H,35,38,40)/b27-19-. The van der Waals surface area contributed by atoms with E-state index < -0.39 is 23.8 Å². The largest absolute Gasteiger partial charge is 0.495 e. The molecule has 1 aliphatic heterocycles. The number of para-hydroxylation sites is 2. The first-order valence-corrected chi connectivity index (χ1v) is 13.3. The second-order valence-electron chi connectivity index (χ2n) is 9.34. The Bertz CT molecular complexity index is 1680. The number of amides is 5. The number of urea groups is 1. The van der Waals surface area contributed by atoms with E-state index in [0.29, 0.717) is 35.1 Å². The molecule has 43 heavy (non-hydrogen) atoms. The van der Waals surface area contributed by atoms with Crippen LogP contribution >= 0.6 is 0 Å². The summed E-state index contributed by atoms with van der Waals surface area (Å²) < 4.78 is 16.6. The molecule has 0 unspecified atom stereocenters. The maximum absolute atomic E-state index is 13.3. The summed E-state index contributed by atoms with van der Waals surface area (Å²) in [5.41, 5.74) is 1.99. The first-order chi connectivity index (χ1) is 20.9. The molecule has 5 rings (SSSR count). The summed E-state index contributed by atoms with van der Waals surface area (Å²) in [4.78, 5) is 51.9. The predicted octanol–water partition coefficient (Wildman–Crippen LogP) is 4.96. The zero-order chi connectivity index (χ0) is 30.2. The molecule has 0 aliphatic carbocycles. The fraction of sp³-hybridized carbons (Fsp3) is 0.0909. The molecule has 0 radical (unpaired) electrons. The second kappa shape index (κ2) is 13.2. The normalized spacial score (nSPS) is 13.8. The summed E-state index contributed by atoms with van der Waals surface area (Å²) in [5, 5.41) is 4.93. The van der Waals surface area contributed by atoms with Gasteiger partial charge >= 0.3 is 6.03 Å². The first kappa shape index (κ1) is 28.6. The van der Waals surface area contributed by atoms with E-state index in [-0.39, 0.29) is 17.9 Å². The molecule has 0 bridgehead atoms. The summed E-state index contributed by atoms with van der Waals surface area (Å²) in [6.07, 6.45) is 1.36. The number of nitrogens with zero attached hydrogens (tertiary/aromatic N) is 1. The van der Waals surface area contributed by atoms with Crippen LogP contribution in [-0.4, -0.2) is 37.5 Å². The van der Waals surface area contributed by atoms with Crippen LogP contribution in [0.4, 0.5) is 16.2 Å². The number of rotatable bonds is 10. The molecule has 0 spiro atoms. The van der Waals surface area contributed by atoms with Crippen molar-refractivity contribution in [2.75, 3.05) is 23.9 Å². The van der Waals surface area contributed by atoms with Crippen LogP contribution < -0.4 is 29.7 Å². The molecule has 216 valence electrons. The van der Waals surface area contributed by atoms with Gasteiger partial charge in [0.15, 0.2) is 6.61 Å². The number of carbonyl (C=O) groups excluding carboxylic acids is 4. The third kappa shape index (κ3) is 7.06. The number of methoxy groups -OCH3 is 1. The van der Waals surface area contributed by atoms with Crippen molar-refractivity contribution in [3.63, 3.8) is 0 Å². The van der Waals surface area contributed by atoms with Crippen molar-refractivity contribution in [3.8, 4) is 17.2 Å². The molecule has 5 amide bonds. The Labute approximate surface area is 247 Å². The van der Waals surface area contributed by atoms with Gasteiger partial charge < -0.3 is 19.5 Å². The number of hydrogen-bond donors (Lipinski definition) is 2. The number of hydrogen-bond acceptors (Lipinski definition) is 7.